The lowest BCUT2D eigenvalue weighted by Crippen LogP contribution is -2.15. The highest BCUT2D eigenvalue weighted by Crippen LogP contribution is 2.18. The Labute approximate surface area is 86.9 Å². The van der Waals surface area contributed by atoms with Gasteiger partial charge in [-0.1, -0.05) is 45.9 Å². The van der Waals surface area contributed by atoms with E-state index in [1.165, 1.54) is 11.3 Å². The van der Waals surface area contributed by atoms with Crippen molar-refractivity contribution in [1.82, 2.24) is 0 Å². The van der Waals surface area contributed by atoms with E-state index in [0.717, 1.165) is 0 Å². The molecule has 0 atom stereocenters. The van der Waals surface area contributed by atoms with Gasteiger partial charge in [-0.05, 0) is 23.5 Å². The molecular formula is C13H19N. The smallest absolute Gasteiger partial charge is 0.0463 e. The van der Waals surface area contributed by atoms with Crippen molar-refractivity contribution in [2.24, 2.45) is 16.8 Å². The van der Waals surface area contributed by atoms with Gasteiger partial charge in [0.05, 0.1) is 0 Å². The molecule has 0 unspecified atom stereocenters. The minimum Gasteiger partial charge on any atom is -0.261 e. The van der Waals surface area contributed by atoms with E-state index in [2.05, 4.69) is 44.8 Å². The average molecular weight is 189 g/mol. The molecule has 0 spiro atoms. The average Bonchev–Trinajstić information content (AvgIpc) is 2.01. The summed E-state index contributed by atoms with van der Waals surface area (Å²) in [4.78, 5) is 4.50. The van der Waals surface area contributed by atoms with Crippen LogP contribution >= 0.6 is 0 Å². The normalized spacial score (nSPS) is 28.7. The molecule has 1 rings (SSSR count). The summed E-state index contributed by atoms with van der Waals surface area (Å²) >= 11 is 0. The molecule has 1 aliphatic heterocycles. The van der Waals surface area contributed by atoms with Crippen molar-refractivity contribution in [3.05, 3.63) is 36.1 Å². The van der Waals surface area contributed by atoms with Gasteiger partial charge in [-0.25, -0.2) is 0 Å². The quantitative estimate of drug-likeness (QED) is 0.627. The summed E-state index contributed by atoms with van der Waals surface area (Å²) in [6, 6.07) is 0. The van der Waals surface area contributed by atoms with Crippen LogP contribution in [0.5, 0.6) is 0 Å². The lowest BCUT2D eigenvalue weighted by atomic mass is 9.91. The standard InChI is InChI=1S/C13H19N/c1-10(2)12-8-6-5-7-9-14-13(12)11(3)4/h5-11H,1-4H3/b6-5-,7-5?,8-6?,9-7-,12-8-,13-12?,14-9?,14-13-. The van der Waals surface area contributed by atoms with Crippen LogP contribution in [0.4, 0.5) is 0 Å². The molecule has 1 aliphatic rings. The van der Waals surface area contributed by atoms with Crippen molar-refractivity contribution in [3.63, 3.8) is 0 Å². The maximum atomic E-state index is 4.50. The van der Waals surface area contributed by atoms with E-state index in [0.29, 0.717) is 11.8 Å². The summed E-state index contributed by atoms with van der Waals surface area (Å²) in [5.41, 5.74) is 2.56. The highest BCUT2D eigenvalue weighted by Gasteiger charge is 2.13. The minimum absolute atomic E-state index is 0.486. The van der Waals surface area contributed by atoms with E-state index in [1.54, 1.807) is 0 Å². The Hall–Kier alpha value is -1.11. The molecular weight excluding hydrogens is 170 g/mol. The van der Waals surface area contributed by atoms with Gasteiger partial charge in [-0.3, -0.25) is 4.99 Å². The second-order valence-electron chi connectivity index (χ2n) is 4.17. The highest BCUT2D eigenvalue weighted by molar-refractivity contribution is 6.02. The Bertz CT molecular complexity index is 269. The third-order valence-corrected chi connectivity index (χ3v) is 2.26. The topological polar surface area (TPSA) is 12.4 Å². The molecule has 0 saturated heterocycles. The van der Waals surface area contributed by atoms with Crippen molar-refractivity contribution < 1.29 is 0 Å². The second-order valence-corrected chi connectivity index (χ2v) is 4.17. The molecule has 0 aliphatic carbocycles. The fourth-order valence-corrected chi connectivity index (χ4v) is 1.53. The Kier molecular flexibility index (Phi) is 3.87. The number of aliphatic imine (C=N–C) groups is 1. The Morgan fingerprint density at radius 3 is 2.21 bits per heavy atom. The largest absolute Gasteiger partial charge is 0.261 e. The van der Waals surface area contributed by atoms with Crippen molar-refractivity contribution in [2.45, 2.75) is 27.7 Å². The molecule has 0 bridgehead atoms. The summed E-state index contributed by atoms with van der Waals surface area (Å²) in [7, 11) is 0. The van der Waals surface area contributed by atoms with E-state index in [4.69, 9.17) is 0 Å². The zero-order chi connectivity index (χ0) is 10.6. The molecule has 0 amide bonds. The Morgan fingerprint density at radius 1 is 0.929 bits per heavy atom. The van der Waals surface area contributed by atoms with Gasteiger partial charge in [0.25, 0.3) is 0 Å². The van der Waals surface area contributed by atoms with Crippen molar-refractivity contribution in [1.29, 1.82) is 0 Å². The van der Waals surface area contributed by atoms with Crippen molar-refractivity contribution >= 4 is 5.71 Å². The van der Waals surface area contributed by atoms with Crippen LogP contribution in [-0.4, -0.2) is 5.71 Å². The van der Waals surface area contributed by atoms with Crippen LogP contribution < -0.4 is 0 Å². The predicted octanol–water partition coefficient (Wildman–Crippen LogP) is 3.75. The maximum absolute atomic E-state index is 4.50. The third kappa shape index (κ3) is 2.69. The third-order valence-electron chi connectivity index (χ3n) is 2.26. The first-order valence-electron chi connectivity index (χ1n) is 5.24. The van der Waals surface area contributed by atoms with E-state index >= 15 is 0 Å². The maximum Gasteiger partial charge on any atom is 0.0463 e. The molecule has 1 heteroatoms. The van der Waals surface area contributed by atoms with Crippen LogP contribution in [0.3, 0.4) is 0 Å². The number of rotatable bonds is 2. The zero-order valence-electron chi connectivity index (χ0n) is 9.49. The molecule has 0 fully saturated rings. The summed E-state index contributed by atoms with van der Waals surface area (Å²) < 4.78 is 0. The molecule has 0 saturated carbocycles. The number of nitrogens with zero attached hydrogens (tertiary/aromatic N) is 1. The van der Waals surface area contributed by atoms with E-state index in [1.807, 2.05) is 18.4 Å². The van der Waals surface area contributed by atoms with Gasteiger partial charge in [-0.2, -0.15) is 0 Å². The van der Waals surface area contributed by atoms with Gasteiger partial charge < -0.3 is 0 Å². The lowest BCUT2D eigenvalue weighted by Gasteiger charge is -2.17. The SMILES string of the molecule is CC(C)C1=C/C=C\C=C/N=C\1C(C)C. The second kappa shape index (κ2) is 4.94. The predicted molar refractivity (Wildman–Crippen MR) is 63.5 cm³/mol. The van der Waals surface area contributed by atoms with Crippen molar-refractivity contribution in [3.8, 4) is 0 Å². The summed E-state index contributed by atoms with van der Waals surface area (Å²) in [5.74, 6) is 1.02. The number of hydrogen-bond acceptors (Lipinski definition) is 1. The number of allylic oxidation sites excluding steroid dienone is 5. The highest BCUT2D eigenvalue weighted by atomic mass is 14.7. The first kappa shape index (κ1) is 11.0. The van der Waals surface area contributed by atoms with Crippen LogP contribution in [0.1, 0.15) is 27.7 Å². The van der Waals surface area contributed by atoms with Crippen LogP contribution in [0.25, 0.3) is 0 Å². The summed E-state index contributed by atoms with van der Waals surface area (Å²) in [5, 5.41) is 0. The minimum atomic E-state index is 0.486. The van der Waals surface area contributed by atoms with Gasteiger partial charge in [0.2, 0.25) is 0 Å². The van der Waals surface area contributed by atoms with Crippen LogP contribution in [0.15, 0.2) is 41.1 Å². The molecule has 0 aromatic carbocycles. The molecule has 0 aromatic heterocycles. The van der Waals surface area contributed by atoms with Crippen LogP contribution in [-0.2, 0) is 0 Å². The number of hydrogen-bond donors (Lipinski definition) is 0. The van der Waals surface area contributed by atoms with Gasteiger partial charge >= 0.3 is 0 Å². The molecule has 1 heterocycles. The first-order chi connectivity index (χ1) is 6.63. The molecule has 1 nitrogen and oxygen atoms in total. The summed E-state index contributed by atoms with van der Waals surface area (Å²) in [6.07, 6.45) is 10.1. The van der Waals surface area contributed by atoms with Gasteiger partial charge in [0.15, 0.2) is 0 Å². The van der Waals surface area contributed by atoms with E-state index in [-0.39, 0.29) is 0 Å². The van der Waals surface area contributed by atoms with Crippen LogP contribution in [0, 0.1) is 11.8 Å². The van der Waals surface area contributed by atoms with Gasteiger partial charge in [-0.15, -0.1) is 0 Å². The summed E-state index contributed by atoms with van der Waals surface area (Å²) in [6.45, 7) is 8.80. The zero-order valence-corrected chi connectivity index (χ0v) is 9.49. The molecule has 0 N–H and O–H groups in total. The van der Waals surface area contributed by atoms with E-state index < -0.39 is 0 Å². The monoisotopic (exact) mass is 189 g/mol. The van der Waals surface area contributed by atoms with Gasteiger partial charge in [0, 0.05) is 11.9 Å². The van der Waals surface area contributed by atoms with Crippen LogP contribution in [0.2, 0.25) is 0 Å². The van der Waals surface area contributed by atoms with E-state index in [9.17, 15) is 0 Å². The molecule has 14 heavy (non-hydrogen) atoms. The fraction of sp³-hybridized carbons (Fsp3) is 0.462. The molecule has 0 radical (unpaired) electrons. The first-order valence-corrected chi connectivity index (χ1v) is 5.24. The molecule has 0 aromatic rings. The lowest BCUT2D eigenvalue weighted by molar-refractivity contribution is 0.774. The fourth-order valence-electron chi connectivity index (χ4n) is 1.53. The van der Waals surface area contributed by atoms with Crippen molar-refractivity contribution in [2.75, 3.05) is 0 Å². The Balaban J connectivity index is 3.06. The molecule has 76 valence electrons. The van der Waals surface area contributed by atoms with Gasteiger partial charge in [0.1, 0.15) is 0 Å². The Morgan fingerprint density at radius 2 is 1.64 bits per heavy atom.